The molecule has 94 valence electrons. The predicted octanol–water partition coefficient (Wildman–Crippen LogP) is 2.56. The highest BCUT2D eigenvalue weighted by molar-refractivity contribution is 5.73. The fraction of sp³-hybridized carbons (Fsp3) is 0.200. The summed E-state index contributed by atoms with van der Waals surface area (Å²) in [4.78, 5) is 12.8. The molecule has 1 N–H and O–H groups in total. The van der Waals surface area contributed by atoms with Gasteiger partial charge in [0.1, 0.15) is 0 Å². The molecular weight excluding hydrogens is 237 g/mol. The summed E-state index contributed by atoms with van der Waals surface area (Å²) in [5, 5.41) is 7.12. The van der Waals surface area contributed by atoms with Gasteiger partial charge >= 0.3 is 12.1 Å². The van der Waals surface area contributed by atoms with E-state index in [-0.39, 0.29) is 0 Å². The summed E-state index contributed by atoms with van der Waals surface area (Å²) in [5.74, 6) is -2.76. The quantitative estimate of drug-likeness (QED) is 0.836. The van der Waals surface area contributed by atoms with Crippen molar-refractivity contribution in [2.45, 2.75) is 12.6 Å². The topological polar surface area (TPSA) is 55.1 Å². The van der Waals surface area contributed by atoms with Gasteiger partial charge in [-0.2, -0.15) is 13.2 Å². The van der Waals surface area contributed by atoms with Crippen LogP contribution in [0.5, 0.6) is 0 Å². The first-order valence-corrected chi connectivity index (χ1v) is 4.36. The van der Waals surface area contributed by atoms with Crippen LogP contribution in [0.4, 0.5) is 13.2 Å². The van der Waals surface area contributed by atoms with Crippen LogP contribution in [0.3, 0.4) is 0 Å². The molecule has 0 aliphatic rings. The van der Waals surface area contributed by atoms with Crippen molar-refractivity contribution in [2.75, 3.05) is 0 Å². The van der Waals surface area contributed by atoms with E-state index in [0.717, 1.165) is 12.1 Å². The van der Waals surface area contributed by atoms with Gasteiger partial charge in [-0.25, -0.2) is 9.78 Å². The normalized spacial score (nSPS) is 10.1. The summed E-state index contributed by atoms with van der Waals surface area (Å²) in [7, 11) is 0. The lowest BCUT2D eigenvalue weighted by Crippen LogP contribution is -2.21. The van der Waals surface area contributed by atoms with Gasteiger partial charge in [0.15, 0.2) is 0 Å². The van der Waals surface area contributed by atoms with Crippen LogP contribution in [0, 0.1) is 0 Å². The van der Waals surface area contributed by atoms with Gasteiger partial charge in [-0.15, -0.1) is 6.58 Å². The minimum atomic E-state index is -5.08. The van der Waals surface area contributed by atoms with Gasteiger partial charge in [-0.3, -0.25) is 0 Å². The monoisotopic (exact) mass is 248 g/mol. The standard InChI is InChI=1S/C8H10N2.C2HF3O2/c1-3-4-8(2)10-6-5-9-7-10;3-2(4,5)1(6)7/h3,5-7H,1-2,4H2;(H,6,7). The van der Waals surface area contributed by atoms with Crippen LogP contribution in [-0.4, -0.2) is 26.8 Å². The number of imidazole rings is 1. The summed E-state index contributed by atoms with van der Waals surface area (Å²) in [5.41, 5.74) is 0.993. The lowest BCUT2D eigenvalue weighted by molar-refractivity contribution is -0.192. The molecule has 0 aliphatic heterocycles. The zero-order valence-electron chi connectivity index (χ0n) is 8.81. The van der Waals surface area contributed by atoms with Crippen molar-refractivity contribution in [3.05, 3.63) is 38.0 Å². The van der Waals surface area contributed by atoms with Gasteiger partial charge in [0, 0.05) is 24.5 Å². The Morgan fingerprint density at radius 2 is 2.06 bits per heavy atom. The van der Waals surface area contributed by atoms with Crippen molar-refractivity contribution in [1.29, 1.82) is 0 Å². The third-order valence-corrected chi connectivity index (χ3v) is 1.49. The number of aromatic nitrogens is 2. The van der Waals surface area contributed by atoms with Crippen LogP contribution >= 0.6 is 0 Å². The molecule has 17 heavy (non-hydrogen) atoms. The summed E-state index contributed by atoms with van der Waals surface area (Å²) >= 11 is 0. The molecule has 4 nitrogen and oxygen atoms in total. The second kappa shape index (κ2) is 6.51. The molecule has 0 atom stereocenters. The Hall–Kier alpha value is -2.05. The number of alkyl halides is 3. The number of carboxylic acid groups (broad SMARTS) is 1. The van der Waals surface area contributed by atoms with E-state index in [1.165, 1.54) is 0 Å². The van der Waals surface area contributed by atoms with E-state index in [0.29, 0.717) is 0 Å². The maximum atomic E-state index is 10.6. The number of hydrogen-bond donors (Lipinski definition) is 1. The first-order chi connectivity index (χ1) is 7.79. The van der Waals surface area contributed by atoms with Gasteiger partial charge in [0.2, 0.25) is 0 Å². The van der Waals surface area contributed by atoms with Crippen molar-refractivity contribution in [1.82, 2.24) is 9.55 Å². The molecule has 0 saturated heterocycles. The van der Waals surface area contributed by atoms with Crippen LogP contribution in [0.15, 0.2) is 38.0 Å². The van der Waals surface area contributed by atoms with E-state index in [9.17, 15) is 13.2 Å². The van der Waals surface area contributed by atoms with Crippen molar-refractivity contribution in [3.63, 3.8) is 0 Å². The largest absolute Gasteiger partial charge is 0.490 e. The molecule has 1 rings (SSSR count). The number of carboxylic acids is 1. The molecule has 0 radical (unpaired) electrons. The molecule has 1 aromatic heterocycles. The van der Waals surface area contributed by atoms with Gasteiger partial charge in [0.05, 0.1) is 6.33 Å². The summed E-state index contributed by atoms with van der Waals surface area (Å²) in [6.45, 7) is 7.45. The zero-order valence-corrected chi connectivity index (χ0v) is 8.81. The lowest BCUT2D eigenvalue weighted by atomic mass is 10.3. The Labute approximate surface area is 95.7 Å². The minimum absolute atomic E-state index is 0.802. The molecule has 0 saturated carbocycles. The number of nitrogens with zero attached hydrogens (tertiary/aromatic N) is 2. The molecule has 0 amide bonds. The third kappa shape index (κ3) is 6.18. The summed E-state index contributed by atoms with van der Waals surface area (Å²) in [6, 6.07) is 0. The third-order valence-electron chi connectivity index (χ3n) is 1.49. The zero-order chi connectivity index (χ0) is 13.5. The van der Waals surface area contributed by atoms with E-state index in [4.69, 9.17) is 9.90 Å². The number of halogens is 3. The van der Waals surface area contributed by atoms with E-state index in [1.807, 2.05) is 16.8 Å². The van der Waals surface area contributed by atoms with E-state index in [1.54, 1.807) is 12.5 Å². The molecule has 1 aromatic rings. The first-order valence-electron chi connectivity index (χ1n) is 4.36. The second-order valence-corrected chi connectivity index (χ2v) is 2.83. The van der Waals surface area contributed by atoms with Gasteiger partial charge in [-0.05, 0) is 0 Å². The molecule has 0 unspecified atom stereocenters. The van der Waals surface area contributed by atoms with Crippen LogP contribution in [0.25, 0.3) is 5.70 Å². The maximum absolute atomic E-state index is 10.6. The molecule has 0 bridgehead atoms. The first kappa shape index (κ1) is 14.9. The number of rotatable bonds is 3. The highest BCUT2D eigenvalue weighted by Gasteiger charge is 2.38. The van der Waals surface area contributed by atoms with Crippen LogP contribution in [-0.2, 0) is 4.79 Å². The SMILES string of the molecule is C=CCC(=C)n1ccnc1.O=C(O)C(F)(F)F. The van der Waals surface area contributed by atoms with Crippen molar-refractivity contribution < 1.29 is 23.1 Å². The molecular formula is C10H11F3N2O2. The lowest BCUT2D eigenvalue weighted by Gasteiger charge is -2.00. The Morgan fingerprint density at radius 3 is 2.35 bits per heavy atom. The molecule has 0 fully saturated rings. The maximum Gasteiger partial charge on any atom is 0.490 e. The van der Waals surface area contributed by atoms with Gasteiger partial charge in [-0.1, -0.05) is 12.7 Å². The van der Waals surface area contributed by atoms with E-state index < -0.39 is 12.1 Å². The highest BCUT2D eigenvalue weighted by Crippen LogP contribution is 2.13. The summed E-state index contributed by atoms with van der Waals surface area (Å²) in [6.07, 6.45) is 2.87. The number of hydrogen-bond acceptors (Lipinski definition) is 2. The van der Waals surface area contributed by atoms with Gasteiger partial charge < -0.3 is 9.67 Å². The van der Waals surface area contributed by atoms with E-state index in [2.05, 4.69) is 18.1 Å². The molecule has 0 aliphatic carbocycles. The molecule has 1 heterocycles. The fourth-order valence-corrected chi connectivity index (χ4v) is 0.718. The molecule has 7 heteroatoms. The Morgan fingerprint density at radius 1 is 1.53 bits per heavy atom. The van der Waals surface area contributed by atoms with Crippen molar-refractivity contribution in [3.8, 4) is 0 Å². The predicted molar refractivity (Wildman–Crippen MR) is 56.1 cm³/mol. The van der Waals surface area contributed by atoms with Crippen molar-refractivity contribution >= 4 is 11.7 Å². The van der Waals surface area contributed by atoms with E-state index >= 15 is 0 Å². The summed E-state index contributed by atoms with van der Waals surface area (Å²) < 4.78 is 33.6. The number of aliphatic carboxylic acids is 1. The number of carbonyl (C=O) groups is 1. The Kier molecular flexibility index (Phi) is 5.73. The second-order valence-electron chi connectivity index (χ2n) is 2.83. The fourth-order valence-electron chi connectivity index (χ4n) is 0.718. The smallest absolute Gasteiger partial charge is 0.475 e. The number of allylic oxidation sites excluding steroid dienone is 2. The van der Waals surface area contributed by atoms with Gasteiger partial charge in [0.25, 0.3) is 0 Å². The minimum Gasteiger partial charge on any atom is -0.475 e. The van der Waals surface area contributed by atoms with Crippen LogP contribution in [0.2, 0.25) is 0 Å². The average Bonchev–Trinajstić information content (AvgIpc) is 2.70. The van der Waals surface area contributed by atoms with Crippen molar-refractivity contribution in [2.24, 2.45) is 0 Å². The average molecular weight is 248 g/mol. The molecule has 0 spiro atoms. The molecule has 0 aromatic carbocycles. The van der Waals surface area contributed by atoms with Crippen LogP contribution in [0.1, 0.15) is 6.42 Å². The Bertz CT molecular complexity index is 383. The van der Waals surface area contributed by atoms with Crippen LogP contribution < -0.4 is 0 Å². The highest BCUT2D eigenvalue weighted by atomic mass is 19.4. The Balaban J connectivity index is 0.000000325.